The molecule has 0 bridgehead atoms. The first-order chi connectivity index (χ1) is 15.0. The van der Waals surface area contributed by atoms with E-state index in [1.807, 2.05) is 0 Å². The molecule has 5 nitrogen and oxygen atoms in total. The normalized spacial score (nSPS) is 13.5. The highest BCUT2D eigenvalue weighted by Gasteiger charge is 2.25. The molecule has 0 atom stereocenters. The van der Waals surface area contributed by atoms with Gasteiger partial charge in [0.15, 0.2) is 0 Å². The number of thiophene rings is 2. The monoisotopic (exact) mass is 448 g/mol. The van der Waals surface area contributed by atoms with Gasteiger partial charge in [0.05, 0.1) is 10.9 Å². The Morgan fingerprint density at radius 2 is 1.90 bits per heavy atom. The van der Waals surface area contributed by atoms with E-state index in [-0.39, 0.29) is 5.91 Å². The lowest BCUT2D eigenvalue weighted by molar-refractivity contribution is 0.100. The second kappa shape index (κ2) is 8.05. The standard InChI is InChI=1S/C24H24N4OS2/c1-13(2)14-7-9-15(10-8-14)17-11-30-23-20(17)22(26-12-27-23)28-24-19(21(25)29)16-5-3-4-6-18(16)31-24/h7-13H,3-6H2,1-2H3,(H2,25,29)(H,26,27,28). The van der Waals surface area contributed by atoms with Gasteiger partial charge in [-0.15, -0.1) is 22.7 Å². The maximum atomic E-state index is 12.3. The van der Waals surface area contributed by atoms with Crippen molar-refractivity contribution in [1.82, 2.24) is 9.97 Å². The van der Waals surface area contributed by atoms with Crippen LogP contribution in [-0.4, -0.2) is 15.9 Å². The molecular formula is C24H24N4OS2. The molecule has 3 aromatic heterocycles. The molecule has 4 aromatic rings. The molecule has 0 spiro atoms. The van der Waals surface area contributed by atoms with Crippen LogP contribution in [0, 0.1) is 0 Å². The fourth-order valence-corrected chi connectivity index (χ4v) is 6.46. The minimum Gasteiger partial charge on any atom is -0.365 e. The molecule has 0 saturated carbocycles. The summed E-state index contributed by atoms with van der Waals surface area (Å²) in [6.45, 7) is 4.39. The first-order valence-electron chi connectivity index (χ1n) is 10.6. The van der Waals surface area contributed by atoms with Crippen molar-refractivity contribution in [2.75, 3.05) is 5.32 Å². The van der Waals surface area contributed by atoms with Crippen LogP contribution in [0.4, 0.5) is 10.8 Å². The fraction of sp³-hybridized carbons (Fsp3) is 0.292. The zero-order valence-electron chi connectivity index (χ0n) is 17.6. The average Bonchev–Trinajstić information content (AvgIpc) is 3.35. The molecule has 7 heteroatoms. The van der Waals surface area contributed by atoms with Gasteiger partial charge in [0.25, 0.3) is 5.91 Å². The lowest BCUT2D eigenvalue weighted by atomic mass is 9.95. The summed E-state index contributed by atoms with van der Waals surface area (Å²) in [5, 5.41) is 7.36. The highest BCUT2D eigenvalue weighted by atomic mass is 32.1. The second-order valence-corrected chi connectivity index (χ2v) is 10.2. The van der Waals surface area contributed by atoms with E-state index in [0.29, 0.717) is 11.5 Å². The number of nitrogens with one attached hydrogen (secondary N) is 1. The van der Waals surface area contributed by atoms with Gasteiger partial charge in [-0.1, -0.05) is 38.1 Å². The smallest absolute Gasteiger partial charge is 0.251 e. The van der Waals surface area contributed by atoms with Crippen LogP contribution in [0.2, 0.25) is 0 Å². The number of amides is 1. The third kappa shape index (κ3) is 3.62. The molecule has 1 aromatic carbocycles. The Kier molecular flexibility index (Phi) is 5.24. The molecule has 1 aliphatic carbocycles. The van der Waals surface area contributed by atoms with Crippen LogP contribution in [0.25, 0.3) is 21.3 Å². The third-order valence-electron chi connectivity index (χ3n) is 5.91. The van der Waals surface area contributed by atoms with Crippen LogP contribution in [0.3, 0.4) is 0 Å². The van der Waals surface area contributed by atoms with E-state index in [4.69, 9.17) is 5.73 Å². The molecular weight excluding hydrogens is 424 g/mol. The number of primary amides is 1. The van der Waals surface area contributed by atoms with Gasteiger partial charge in [-0.05, 0) is 48.3 Å². The van der Waals surface area contributed by atoms with E-state index in [2.05, 4.69) is 58.8 Å². The molecule has 3 N–H and O–H groups in total. The van der Waals surface area contributed by atoms with Gasteiger partial charge in [0.1, 0.15) is 22.0 Å². The Labute approximate surface area is 189 Å². The van der Waals surface area contributed by atoms with Crippen molar-refractivity contribution in [3.05, 3.63) is 57.5 Å². The molecule has 0 fully saturated rings. The Hall–Kier alpha value is -2.77. The maximum Gasteiger partial charge on any atom is 0.251 e. The van der Waals surface area contributed by atoms with Crippen molar-refractivity contribution in [2.24, 2.45) is 5.73 Å². The van der Waals surface area contributed by atoms with E-state index in [1.165, 1.54) is 10.4 Å². The van der Waals surface area contributed by atoms with Crippen molar-refractivity contribution in [3.63, 3.8) is 0 Å². The molecule has 158 valence electrons. The van der Waals surface area contributed by atoms with Gasteiger partial charge in [-0.25, -0.2) is 9.97 Å². The van der Waals surface area contributed by atoms with Gasteiger partial charge in [-0.3, -0.25) is 4.79 Å². The first kappa shape index (κ1) is 20.2. The van der Waals surface area contributed by atoms with Gasteiger partial charge >= 0.3 is 0 Å². The first-order valence-corrected chi connectivity index (χ1v) is 12.3. The molecule has 3 heterocycles. The van der Waals surface area contributed by atoms with E-state index in [9.17, 15) is 4.79 Å². The Morgan fingerprint density at radius 3 is 2.65 bits per heavy atom. The molecule has 1 aliphatic rings. The maximum absolute atomic E-state index is 12.3. The van der Waals surface area contributed by atoms with Crippen LogP contribution in [-0.2, 0) is 12.8 Å². The van der Waals surface area contributed by atoms with E-state index in [0.717, 1.165) is 63.4 Å². The molecule has 5 rings (SSSR count). The topological polar surface area (TPSA) is 80.9 Å². The number of rotatable bonds is 5. The summed E-state index contributed by atoms with van der Waals surface area (Å²) in [4.78, 5) is 23.5. The number of aromatic nitrogens is 2. The molecule has 0 aliphatic heterocycles. The average molecular weight is 449 g/mol. The molecule has 31 heavy (non-hydrogen) atoms. The van der Waals surface area contributed by atoms with Crippen molar-refractivity contribution in [2.45, 2.75) is 45.4 Å². The van der Waals surface area contributed by atoms with E-state index < -0.39 is 0 Å². The van der Waals surface area contributed by atoms with Crippen LogP contribution in [0.5, 0.6) is 0 Å². The van der Waals surface area contributed by atoms with Crippen molar-refractivity contribution < 1.29 is 4.79 Å². The molecule has 0 saturated heterocycles. The van der Waals surface area contributed by atoms with E-state index >= 15 is 0 Å². The van der Waals surface area contributed by atoms with Crippen molar-refractivity contribution in [1.29, 1.82) is 0 Å². The number of aryl methyl sites for hydroxylation is 1. The Balaban J connectivity index is 1.60. The number of nitrogens with two attached hydrogens (primary N) is 1. The summed E-state index contributed by atoms with van der Waals surface area (Å²) in [5.74, 6) is 0.836. The Morgan fingerprint density at radius 1 is 1.13 bits per heavy atom. The number of benzene rings is 1. The minimum atomic E-state index is -0.373. The van der Waals surface area contributed by atoms with Crippen LogP contribution in [0.1, 0.15) is 59.0 Å². The van der Waals surface area contributed by atoms with Crippen LogP contribution >= 0.6 is 22.7 Å². The summed E-state index contributed by atoms with van der Waals surface area (Å²) in [6, 6.07) is 8.68. The highest BCUT2D eigenvalue weighted by Crippen LogP contribution is 2.42. The zero-order chi connectivity index (χ0) is 21.5. The molecule has 0 unspecified atom stereocenters. The van der Waals surface area contributed by atoms with Gasteiger partial charge < -0.3 is 11.1 Å². The SMILES string of the molecule is CC(C)c1ccc(-c2csc3ncnc(Nc4sc5c(c4C(N)=O)CCCC5)c23)cc1. The number of hydrogen-bond donors (Lipinski definition) is 2. The summed E-state index contributed by atoms with van der Waals surface area (Å²) in [7, 11) is 0. The number of carbonyl (C=O) groups is 1. The van der Waals surface area contributed by atoms with Crippen molar-refractivity contribution >= 4 is 49.6 Å². The number of fused-ring (bicyclic) bond motifs is 2. The van der Waals surface area contributed by atoms with Gasteiger partial charge in [0.2, 0.25) is 0 Å². The van der Waals surface area contributed by atoms with Crippen molar-refractivity contribution in [3.8, 4) is 11.1 Å². The lowest BCUT2D eigenvalue weighted by Gasteiger charge is -2.11. The second-order valence-electron chi connectivity index (χ2n) is 8.23. The largest absolute Gasteiger partial charge is 0.365 e. The number of nitrogens with zero attached hydrogens (tertiary/aromatic N) is 2. The van der Waals surface area contributed by atoms with Crippen LogP contribution in [0.15, 0.2) is 36.0 Å². The molecule has 0 radical (unpaired) electrons. The Bertz CT molecular complexity index is 1270. The summed E-state index contributed by atoms with van der Waals surface area (Å²) < 4.78 is 0. The predicted octanol–water partition coefficient (Wildman–Crippen LogP) is 6.26. The lowest BCUT2D eigenvalue weighted by Crippen LogP contribution is -2.15. The van der Waals surface area contributed by atoms with E-state index in [1.54, 1.807) is 29.0 Å². The zero-order valence-corrected chi connectivity index (χ0v) is 19.2. The third-order valence-corrected chi connectivity index (χ3v) is 8.00. The summed E-state index contributed by atoms with van der Waals surface area (Å²) in [6.07, 6.45) is 5.75. The van der Waals surface area contributed by atoms with Gasteiger partial charge in [0, 0.05) is 15.8 Å². The summed E-state index contributed by atoms with van der Waals surface area (Å²) in [5.41, 5.74) is 11.1. The minimum absolute atomic E-state index is 0.373. The fourth-order valence-electron chi connectivity index (χ4n) is 4.25. The number of hydrogen-bond acceptors (Lipinski definition) is 6. The number of carbonyl (C=O) groups excluding carboxylic acids is 1. The quantitative estimate of drug-likeness (QED) is 0.377. The highest BCUT2D eigenvalue weighted by molar-refractivity contribution is 7.17. The number of anilines is 2. The van der Waals surface area contributed by atoms with Crippen LogP contribution < -0.4 is 11.1 Å². The summed E-state index contributed by atoms with van der Waals surface area (Å²) >= 11 is 3.24. The molecule has 1 amide bonds. The van der Waals surface area contributed by atoms with Gasteiger partial charge in [-0.2, -0.15) is 0 Å². The predicted molar refractivity (Wildman–Crippen MR) is 130 cm³/mol.